The molecule has 0 fully saturated rings. The summed E-state index contributed by atoms with van der Waals surface area (Å²) >= 11 is 6.47. The highest BCUT2D eigenvalue weighted by atomic mass is 35.5. The van der Waals surface area contributed by atoms with Gasteiger partial charge in [0.05, 0.1) is 9.90 Å². The first-order chi connectivity index (χ1) is 5.56. The van der Waals surface area contributed by atoms with Crippen LogP contribution in [0.15, 0.2) is 11.4 Å². The van der Waals surface area contributed by atoms with Crippen LogP contribution in [0.25, 0.3) is 0 Å². The SMILES string of the molecule is NCCC(F)(F)c1cc(Cl)cs1. The largest absolute Gasteiger partial charge is 0.330 e. The molecule has 0 aliphatic carbocycles. The van der Waals surface area contributed by atoms with Gasteiger partial charge in [0.15, 0.2) is 0 Å². The molecule has 0 saturated heterocycles. The fourth-order valence-corrected chi connectivity index (χ4v) is 1.89. The quantitative estimate of drug-likeness (QED) is 0.818. The lowest BCUT2D eigenvalue weighted by Gasteiger charge is -2.12. The van der Waals surface area contributed by atoms with E-state index in [-0.39, 0.29) is 17.8 Å². The van der Waals surface area contributed by atoms with Crippen molar-refractivity contribution in [3.63, 3.8) is 0 Å². The maximum atomic E-state index is 13.0. The molecule has 1 heterocycles. The molecule has 68 valence electrons. The van der Waals surface area contributed by atoms with Gasteiger partial charge >= 0.3 is 0 Å². The summed E-state index contributed by atoms with van der Waals surface area (Å²) in [5.41, 5.74) is 5.05. The molecular weight excluding hydrogens is 204 g/mol. The Hall–Kier alpha value is -0.190. The van der Waals surface area contributed by atoms with Gasteiger partial charge in [-0.2, -0.15) is 0 Å². The zero-order valence-corrected chi connectivity index (χ0v) is 7.76. The van der Waals surface area contributed by atoms with Gasteiger partial charge in [-0.05, 0) is 12.6 Å². The molecular formula is C7H8ClF2NS. The third-order valence-electron chi connectivity index (χ3n) is 1.39. The molecule has 1 rings (SSSR count). The fourth-order valence-electron chi connectivity index (χ4n) is 0.809. The normalized spacial score (nSPS) is 12.0. The zero-order chi connectivity index (χ0) is 9.19. The second-order valence-electron chi connectivity index (χ2n) is 2.37. The Morgan fingerprint density at radius 1 is 1.58 bits per heavy atom. The number of hydrogen-bond acceptors (Lipinski definition) is 2. The van der Waals surface area contributed by atoms with Gasteiger partial charge in [0.25, 0.3) is 5.92 Å². The summed E-state index contributed by atoms with van der Waals surface area (Å²) in [6.07, 6.45) is -0.330. The van der Waals surface area contributed by atoms with Crippen molar-refractivity contribution in [1.29, 1.82) is 0 Å². The summed E-state index contributed by atoms with van der Waals surface area (Å²) in [5.74, 6) is -2.83. The van der Waals surface area contributed by atoms with Gasteiger partial charge in [-0.1, -0.05) is 11.6 Å². The lowest BCUT2D eigenvalue weighted by Crippen LogP contribution is -2.17. The van der Waals surface area contributed by atoms with E-state index in [1.807, 2.05) is 0 Å². The van der Waals surface area contributed by atoms with Crippen LogP contribution < -0.4 is 5.73 Å². The third-order valence-corrected chi connectivity index (χ3v) is 2.78. The summed E-state index contributed by atoms with van der Waals surface area (Å²) in [6.45, 7) is -0.0253. The van der Waals surface area contributed by atoms with Gasteiger partial charge in [-0.25, -0.2) is 8.78 Å². The fraction of sp³-hybridized carbons (Fsp3) is 0.429. The van der Waals surface area contributed by atoms with Crippen molar-refractivity contribution in [2.75, 3.05) is 6.54 Å². The van der Waals surface area contributed by atoms with E-state index >= 15 is 0 Å². The van der Waals surface area contributed by atoms with E-state index in [2.05, 4.69) is 0 Å². The second kappa shape index (κ2) is 3.68. The van der Waals surface area contributed by atoms with Crippen LogP contribution in [-0.2, 0) is 5.92 Å². The Kier molecular flexibility index (Phi) is 3.04. The molecule has 0 spiro atoms. The number of thiophene rings is 1. The molecule has 0 bridgehead atoms. The van der Waals surface area contributed by atoms with Gasteiger partial charge in [0.2, 0.25) is 0 Å². The van der Waals surface area contributed by atoms with Gasteiger partial charge in [-0.3, -0.25) is 0 Å². The highest BCUT2D eigenvalue weighted by Crippen LogP contribution is 2.36. The molecule has 0 amide bonds. The smallest absolute Gasteiger partial charge is 0.283 e. The van der Waals surface area contributed by atoms with Crippen LogP contribution in [0.1, 0.15) is 11.3 Å². The lowest BCUT2D eigenvalue weighted by atomic mass is 10.2. The molecule has 2 N–H and O–H groups in total. The third kappa shape index (κ3) is 2.15. The predicted molar refractivity (Wildman–Crippen MR) is 46.9 cm³/mol. The number of halogens is 3. The van der Waals surface area contributed by atoms with Crippen molar-refractivity contribution in [3.05, 3.63) is 21.3 Å². The van der Waals surface area contributed by atoms with Crippen LogP contribution in [-0.4, -0.2) is 6.54 Å². The van der Waals surface area contributed by atoms with Crippen LogP contribution in [0, 0.1) is 0 Å². The molecule has 0 aliphatic rings. The minimum atomic E-state index is -2.83. The highest BCUT2D eigenvalue weighted by molar-refractivity contribution is 7.10. The number of hydrogen-bond donors (Lipinski definition) is 1. The van der Waals surface area contributed by atoms with Crippen molar-refractivity contribution in [2.45, 2.75) is 12.3 Å². The highest BCUT2D eigenvalue weighted by Gasteiger charge is 2.31. The molecule has 1 nitrogen and oxygen atoms in total. The standard InChI is InChI=1S/C7H8ClF2NS/c8-5-3-6(12-4-5)7(9,10)1-2-11/h3-4H,1-2,11H2. The minimum Gasteiger partial charge on any atom is -0.330 e. The molecule has 0 radical (unpaired) electrons. The zero-order valence-electron chi connectivity index (χ0n) is 6.19. The van der Waals surface area contributed by atoms with Gasteiger partial charge < -0.3 is 5.73 Å². The molecule has 1 aromatic heterocycles. The summed E-state index contributed by atoms with van der Waals surface area (Å²) in [5, 5.41) is 1.84. The van der Waals surface area contributed by atoms with Crippen molar-refractivity contribution in [1.82, 2.24) is 0 Å². The molecule has 0 unspecified atom stereocenters. The van der Waals surface area contributed by atoms with E-state index in [1.165, 1.54) is 11.4 Å². The van der Waals surface area contributed by atoms with Crippen LogP contribution in [0.3, 0.4) is 0 Å². The van der Waals surface area contributed by atoms with E-state index in [0.29, 0.717) is 5.02 Å². The Morgan fingerprint density at radius 3 is 2.67 bits per heavy atom. The van der Waals surface area contributed by atoms with E-state index in [0.717, 1.165) is 11.3 Å². The molecule has 0 atom stereocenters. The molecule has 0 saturated carbocycles. The van der Waals surface area contributed by atoms with Gasteiger partial charge in [0, 0.05) is 11.8 Å². The first-order valence-corrected chi connectivity index (χ1v) is 4.64. The molecule has 0 aliphatic heterocycles. The second-order valence-corrected chi connectivity index (χ2v) is 3.72. The number of nitrogens with two attached hydrogens (primary N) is 1. The minimum absolute atomic E-state index is 0.0158. The maximum Gasteiger partial charge on any atom is 0.283 e. The number of rotatable bonds is 3. The first-order valence-electron chi connectivity index (χ1n) is 3.38. The average Bonchev–Trinajstić information content (AvgIpc) is 2.36. The van der Waals surface area contributed by atoms with E-state index in [1.54, 1.807) is 0 Å². The Bertz CT molecular complexity index is 262. The topological polar surface area (TPSA) is 26.0 Å². The number of alkyl halides is 2. The van der Waals surface area contributed by atoms with E-state index in [9.17, 15) is 8.78 Å². The van der Waals surface area contributed by atoms with Crippen LogP contribution in [0.5, 0.6) is 0 Å². The first kappa shape index (κ1) is 9.89. The van der Waals surface area contributed by atoms with Crippen LogP contribution in [0.4, 0.5) is 8.78 Å². The summed E-state index contributed by atoms with van der Waals surface area (Å²) < 4.78 is 26.1. The Labute approximate surface area is 78.1 Å². The van der Waals surface area contributed by atoms with Gasteiger partial charge in [0.1, 0.15) is 0 Å². The molecule has 0 aromatic carbocycles. The molecule has 1 aromatic rings. The Morgan fingerprint density at radius 2 is 2.25 bits per heavy atom. The van der Waals surface area contributed by atoms with E-state index < -0.39 is 5.92 Å². The summed E-state index contributed by atoms with van der Waals surface area (Å²) in [4.78, 5) is -0.0158. The van der Waals surface area contributed by atoms with Gasteiger partial charge in [-0.15, -0.1) is 11.3 Å². The summed E-state index contributed by atoms with van der Waals surface area (Å²) in [6, 6.07) is 1.28. The van der Waals surface area contributed by atoms with Crippen LogP contribution in [0.2, 0.25) is 5.02 Å². The monoisotopic (exact) mass is 211 g/mol. The van der Waals surface area contributed by atoms with Crippen molar-refractivity contribution in [2.24, 2.45) is 5.73 Å². The van der Waals surface area contributed by atoms with E-state index in [4.69, 9.17) is 17.3 Å². The molecule has 12 heavy (non-hydrogen) atoms. The predicted octanol–water partition coefficient (Wildman–Crippen LogP) is 2.84. The van der Waals surface area contributed by atoms with Crippen molar-refractivity contribution in [3.8, 4) is 0 Å². The van der Waals surface area contributed by atoms with Crippen molar-refractivity contribution >= 4 is 22.9 Å². The Balaban J connectivity index is 2.81. The van der Waals surface area contributed by atoms with Crippen molar-refractivity contribution < 1.29 is 8.78 Å². The summed E-state index contributed by atoms with van der Waals surface area (Å²) in [7, 11) is 0. The van der Waals surface area contributed by atoms with Crippen LogP contribution >= 0.6 is 22.9 Å². The lowest BCUT2D eigenvalue weighted by molar-refractivity contribution is -0.00681. The molecule has 5 heteroatoms. The maximum absolute atomic E-state index is 13.0. The average molecular weight is 212 g/mol.